The normalized spacial score (nSPS) is 23.1. The minimum absolute atomic E-state index is 0.131. The Balaban J connectivity index is 1.88. The van der Waals surface area contributed by atoms with E-state index in [1.165, 1.54) is 19.3 Å². The van der Waals surface area contributed by atoms with Gasteiger partial charge in [0.25, 0.3) is 0 Å². The second-order valence-electron chi connectivity index (χ2n) is 6.26. The summed E-state index contributed by atoms with van der Waals surface area (Å²) in [4.78, 5) is 11.9. The highest BCUT2D eigenvalue weighted by Gasteiger charge is 2.51. The molecular formula is C14H26N2OS. The zero-order valence-electron chi connectivity index (χ0n) is 11.6. The number of carbonyl (C=O) groups excluding carboxylic acids is 1. The molecule has 2 aliphatic rings. The van der Waals surface area contributed by atoms with E-state index in [0.717, 1.165) is 30.3 Å². The van der Waals surface area contributed by atoms with Crippen molar-refractivity contribution in [2.45, 2.75) is 57.5 Å². The molecule has 18 heavy (non-hydrogen) atoms. The number of nitrogens with two attached hydrogens (primary N) is 1. The smallest absolute Gasteiger partial charge is 0.238 e. The number of amides is 1. The van der Waals surface area contributed by atoms with E-state index >= 15 is 0 Å². The van der Waals surface area contributed by atoms with Crippen molar-refractivity contribution in [1.29, 1.82) is 0 Å². The van der Waals surface area contributed by atoms with Crippen LogP contribution >= 0.6 is 11.8 Å². The lowest BCUT2D eigenvalue weighted by atomic mass is 9.94. The Kier molecular flexibility index (Phi) is 4.59. The van der Waals surface area contributed by atoms with Gasteiger partial charge in [-0.15, -0.1) is 0 Å². The highest BCUT2D eigenvalue weighted by Crippen LogP contribution is 2.43. The number of primary amides is 1. The monoisotopic (exact) mass is 270 g/mol. The zero-order valence-corrected chi connectivity index (χ0v) is 12.4. The molecule has 1 unspecified atom stereocenters. The van der Waals surface area contributed by atoms with Crippen LogP contribution in [0.1, 0.15) is 46.0 Å². The van der Waals surface area contributed by atoms with Crippen molar-refractivity contribution < 1.29 is 4.79 Å². The molecule has 2 rings (SSSR count). The standard InChI is InChI=1S/C14H26N2OS/c1-10(2)7-8-18-9-14(13(15)17,11-3-4-11)16-12-5-6-12/h10-12,16H,3-9H2,1-2H3,(H2,15,17). The Labute approximate surface area is 115 Å². The lowest BCUT2D eigenvalue weighted by Crippen LogP contribution is -2.60. The van der Waals surface area contributed by atoms with Crippen molar-refractivity contribution in [3.05, 3.63) is 0 Å². The lowest BCUT2D eigenvalue weighted by molar-refractivity contribution is -0.124. The second-order valence-corrected chi connectivity index (χ2v) is 7.37. The largest absolute Gasteiger partial charge is 0.368 e. The maximum atomic E-state index is 11.9. The van der Waals surface area contributed by atoms with Crippen LogP contribution in [0.15, 0.2) is 0 Å². The summed E-state index contributed by atoms with van der Waals surface area (Å²) in [6, 6.07) is 0.545. The van der Waals surface area contributed by atoms with E-state index in [9.17, 15) is 4.79 Å². The quantitative estimate of drug-likeness (QED) is 0.631. The molecule has 2 aliphatic carbocycles. The summed E-state index contributed by atoms with van der Waals surface area (Å²) in [7, 11) is 0. The molecule has 104 valence electrons. The van der Waals surface area contributed by atoms with Crippen LogP contribution in [0, 0.1) is 11.8 Å². The van der Waals surface area contributed by atoms with E-state index in [-0.39, 0.29) is 5.91 Å². The summed E-state index contributed by atoms with van der Waals surface area (Å²) in [6.45, 7) is 4.48. The number of carbonyl (C=O) groups is 1. The van der Waals surface area contributed by atoms with Gasteiger partial charge in [-0.25, -0.2) is 0 Å². The van der Waals surface area contributed by atoms with Crippen LogP contribution < -0.4 is 11.1 Å². The van der Waals surface area contributed by atoms with Crippen LogP contribution in [-0.2, 0) is 4.79 Å². The molecular weight excluding hydrogens is 244 g/mol. The Morgan fingerprint density at radius 1 is 1.39 bits per heavy atom. The summed E-state index contributed by atoms with van der Waals surface area (Å²) in [5, 5.41) is 3.56. The topological polar surface area (TPSA) is 55.1 Å². The molecule has 1 amide bonds. The van der Waals surface area contributed by atoms with Crippen LogP contribution in [0.5, 0.6) is 0 Å². The van der Waals surface area contributed by atoms with Gasteiger partial charge in [0.1, 0.15) is 5.54 Å². The van der Waals surface area contributed by atoms with E-state index < -0.39 is 5.54 Å². The average Bonchev–Trinajstić information content (AvgIpc) is 3.14. The van der Waals surface area contributed by atoms with E-state index in [0.29, 0.717) is 12.0 Å². The number of hydrogen-bond donors (Lipinski definition) is 2. The van der Waals surface area contributed by atoms with Gasteiger partial charge in [0.15, 0.2) is 0 Å². The van der Waals surface area contributed by atoms with Crippen molar-refractivity contribution in [2.75, 3.05) is 11.5 Å². The van der Waals surface area contributed by atoms with Crippen molar-refractivity contribution in [1.82, 2.24) is 5.32 Å². The van der Waals surface area contributed by atoms with Crippen molar-refractivity contribution in [2.24, 2.45) is 17.6 Å². The van der Waals surface area contributed by atoms with E-state index in [1.54, 1.807) is 0 Å². The number of nitrogens with one attached hydrogen (secondary N) is 1. The first-order chi connectivity index (χ1) is 8.54. The van der Waals surface area contributed by atoms with E-state index in [4.69, 9.17) is 5.73 Å². The molecule has 3 nitrogen and oxygen atoms in total. The van der Waals surface area contributed by atoms with Gasteiger partial charge in [0.2, 0.25) is 5.91 Å². The Morgan fingerprint density at radius 3 is 2.50 bits per heavy atom. The van der Waals surface area contributed by atoms with Gasteiger partial charge in [-0.3, -0.25) is 10.1 Å². The van der Waals surface area contributed by atoms with Gasteiger partial charge in [0, 0.05) is 11.8 Å². The number of rotatable bonds is 9. The van der Waals surface area contributed by atoms with Crippen molar-refractivity contribution in [3.8, 4) is 0 Å². The first-order valence-corrected chi connectivity index (χ1v) is 8.35. The maximum Gasteiger partial charge on any atom is 0.238 e. The van der Waals surface area contributed by atoms with Gasteiger partial charge >= 0.3 is 0 Å². The molecule has 0 saturated heterocycles. The predicted molar refractivity (Wildman–Crippen MR) is 77.6 cm³/mol. The molecule has 3 N–H and O–H groups in total. The lowest BCUT2D eigenvalue weighted by Gasteiger charge is -2.32. The first kappa shape index (κ1) is 14.2. The fourth-order valence-corrected chi connectivity index (χ4v) is 3.91. The highest BCUT2D eigenvalue weighted by molar-refractivity contribution is 7.99. The van der Waals surface area contributed by atoms with Crippen LogP contribution in [0.3, 0.4) is 0 Å². The molecule has 0 aromatic heterocycles. The molecule has 2 saturated carbocycles. The van der Waals surface area contributed by atoms with Crippen LogP contribution in [0.2, 0.25) is 0 Å². The van der Waals surface area contributed by atoms with Crippen molar-refractivity contribution in [3.63, 3.8) is 0 Å². The molecule has 0 heterocycles. The molecule has 4 heteroatoms. The van der Waals surface area contributed by atoms with Gasteiger partial charge in [-0.05, 0) is 49.7 Å². The summed E-state index contributed by atoms with van der Waals surface area (Å²) in [6.07, 6.45) is 5.95. The summed E-state index contributed by atoms with van der Waals surface area (Å²) < 4.78 is 0. The number of hydrogen-bond acceptors (Lipinski definition) is 3. The Hall–Kier alpha value is -0.220. The fourth-order valence-electron chi connectivity index (χ4n) is 2.34. The van der Waals surface area contributed by atoms with Gasteiger partial charge in [-0.2, -0.15) is 11.8 Å². The van der Waals surface area contributed by atoms with E-state index in [2.05, 4.69) is 19.2 Å². The molecule has 0 aromatic carbocycles. The predicted octanol–water partition coefficient (Wildman–Crippen LogP) is 2.15. The maximum absolute atomic E-state index is 11.9. The minimum atomic E-state index is -0.414. The Morgan fingerprint density at radius 2 is 2.06 bits per heavy atom. The highest BCUT2D eigenvalue weighted by atomic mass is 32.2. The zero-order chi connectivity index (χ0) is 13.2. The second kappa shape index (κ2) is 5.83. The Bertz CT molecular complexity index is 300. The molecule has 1 atom stereocenters. The summed E-state index contributed by atoms with van der Waals surface area (Å²) in [5.74, 6) is 3.08. The molecule has 0 bridgehead atoms. The molecule has 0 radical (unpaired) electrons. The third-order valence-corrected chi connectivity index (χ3v) is 5.11. The van der Waals surface area contributed by atoms with E-state index in [1.807, 2.05) is 11.8 Å². The minimum Gasteiger partial charge on any atom is -0.368 e. The third-order valence-electron chi connectivity index (χ3n) is 3.92. The molecule has 0 aromatic rings. The number of thioether (sulfide) groups is 1. The van der Waals surface area contributed by atoms with Gasteiger partial charge in [-0.1, -0.05) is 13.8 Å². The van der Waals surface area contributed by atoms with Crippen LogP contribution in [0.4, 0.5) is 0 Å². The van der Waals surface area contributed by atoms with Crippen LogP contribution in [-0.4, -0.2) is 29.0 Å². The van der Waals surface area contributed by atoms with Crippen LogP contribution in [0.25, 0.3) is 0 Å². The summed E-state index contributed by atoms with van der Waals surface area (Å²) >= 11 is 1.89. The van der Waals surface area contributed by atoms with Gasteiger partial charge in [0.05, 0.1) is 0 Å². The SMILES string of the molecule is CC(C)CCSCC(NC1CC1)(C(N)=O)C1CC1. The summed E-state index contributed by atoms with van der Waals surface area (Å²) in [5.41, 5.74) is 5.30. The van der Waals surface area contributed by atoms with Gasteiger partial charge < -0.3 is 5.73 Å². The molecule has 0 aliphatic heterocycles. The fraction of sp³-hybridized carbons (Fsp3) is 0.929. The van der Waals surface area contributed by atoms with Crippen molar-refractivity contribution >= 4 is 17.7 Å². The third kappa shape index (κ3) is 3.64. The molecule has 2 fully saturated rings. The molecule has 0 spiro atoms. The average molecular weight is 270 g/mol. The first-order valence-electron chi connectivity index (χ1n) is 7.20.